The van der Waals surface area contributed by atoms with Crippen molar-refractivity contribution in [3.8, 4) is 5.75 Å². The van der Waals surface area contributed by atoms with Gasteiger partial charge in [0.1, 0.15) is 11.3 Å². The van der Waals surface area contributed by atoms with Gasteiger partial charge in [0.2, 0.25) is 5.91 Å². The van der Waals surface area contributed by atoms with Crippen LogP contribution in [0.3, 0.4) is 0 Å². The molecule has 1 N–H and O–H groups in total. The van der Waals surface area contributed by atoms with Crippen molar-refractivity contribution >= 4 is 16.9 Å². The fraction of sp³-hybridized carbons (Fsp3) is 0.286. The van der Waals surface area contributed by atoms with Crippen LogP contribution in [0.2, 0.25) is 0 Å². The van der Waals surface area contributed by atoms with Gasteiger partial charge in [0.05, 0.1) is 19.8 Å². The molecule has 0 saturated heterocycles. The third kappa shape index (κ3) is 4.21. The Morgan fingerprint density at radius 1 is 1.12 bits per heavy atom. The molecule has 4 heteroatoms. The highest BCUT2D eigenvalue weighted by Gasteiger charge is 2.10. The predicted octanol–water partition coefficient (Wildman–Crippen LogP) is 3.91. The highest BCUT2D eigenvalue weighted by atomic mass is 16.5. The number of rotatable bonds is 7. The van der Waals surface area contributed by atoms with Gasteiger partial charge in [-0.05, 0) is 42.2 Å². The quantitative estimate of drug-likeness (QED) is 0.711. The number of hydrogen-bond acceptors (Lipinski definition) is 3. The van der Waals surface area contributed by atoms with Gasteiger partial charge in [-0.2, -0.15) is 0 Å². The van der Waals surface area contributed by atoms with Crippen molar-refractivity contribution in [2.45, 2.75) is 26.2 Å². The van der Waals surface area contributed by atoms with Crippen LogP contribution < -0.4 is 10.1 Å². The number of ether oxygens (including phenoxy) is 1. The van der Waals surface area contributed by atoms with E-state index >= 15 is 0 Å². The van der Waals surface area contributed by atoms with Crippen molar-refractivity contribution in [1.82, 2.24) is 5.32 Å². The number of methoxy groups -OCH3 is 1. The Morgan fingerprint density at radius 3 is 2.60 bits per heavy atom. The largest absolute Gasteiger partial charge is 0.497 e. The summed E-state index contributed by atoms with van der Waals surface area (Å²) in [5.41, 5.74) is 4.18. The molecule has 3 rings (SSSR count). The molecule has 0 radical (unpaired) electrons. The van der Waals surface area contributed by atoms with E-state index in [4.69, 9.17) is 9.15 Å². The molecule has 2 aromatic carbocycles. The van der Waals surface area contributed by atoms with Crippen LogP contribution in [0.1, 0.15) is 23.6 Å². The minimum atomic E-state index is 0.00998. The second-order valence-electron chi connectivity index (χ2n) is 6.07. The Morgan fingerprint density at radius 2 is 1.88 bits per heavy atom. The van der Waals surface area contributed by atoms with E-state index in [1.807, 2.05) is 36.4 Å². The lowest BCUT2D eigenvalue weighted by Crippen LogP contribution is -2.27. The lowest BCUT2D eigenvalue weighted by molar-refractivity contribution is -0.120. The molecule has 0 fully saturated rings. The lowest BCUT2D eigenvalue weighted by Gasteiger charge is -2.06. The van der Waals surface area contributed by atoms with Crippen molar-refractivity contribution in [3.05, 3.63) is 65.4 Å². The molecule has 130 valence electrons. The van der Waals surface area contributed by atoms with E-state index in [1.54, 1.807) is 13.4 Å². The monoisotopic (exact) mass is 337 g/mol. The van der Waals surface area contributed by atoms with Crippen molar-refractivity contribution in [3.63, 3.8) is 0 Å². The van der Waals surface area contributed by atoms with Crippen LogP contribution in [-0.4, -0.2) is 19.6 Å². The van der Waals surface area contributed by atoms with Crippen LogP contribution in [-0.2, 0) is 24.1 Å². The van der Waals surface area contributed by atoms with Crippen LogP contribution in [0.5, 0.6) is 5.75 Å². The van der Waals surface area contributed by atoms with Crippen LogP contribution in [0.25, 0.3) is 11.0 Å². The van der Waals surface area contributed by atoms with E-state index in [0.29, 0.717) is 13.0 Å². The van der Waals surface area contributed by atoms with Crippen LogP contribution in [0, 0.1) is 0 Å². The van der Waals surface area contributed by atoms with E-state index in [1.165, 1.54) is 11.1 Å². The third-order valence-corrected chi connectivity index (χ3v) is 4.37. The molecule has 0 aliphatic heterocycles. The minimum absolute atomic E-state index is 0.00998. The number of benzene rings is 2. The normalized spacial score (nSPS) is 10.8. The molecule has 0 spiro atoms. The zero-order valence-corrected chi connectivity index (χ0v) is 14.7. The van der Waals surface area contributed by atoms with Gasteiger partial charge >= 0.3 is 0 Å². The van der Waals surface area contributed by atoms with E-state index in [-0.39, 0.29) is 5.91 Å². The molecule has 1 aromatic heterocycles. The molecule has 0 aliphatic carbocycles. The number of carbonyl (C=O) groups excluding carboxylic acids is 1. The number of furan rings is 1. The van der Waals surface area contributed by atoms with Gasteiger partial charge < -0.3 is 14.5 Å². The van der Waals surface area contributed by atoms with Crippen LogP contribution >= 0.6 is 0 Å². The summed E-state index contributed by atoms with van der Waals surface area (Å²) in [5, 5.41) is 3.99. The first-order valence-corrected chi connectivity index (χ1v) is 8.58. The minimum Gasteiger partial charge on any atom is -0.497 e. The van der Waals surface area contributed by atoms with Crippen LogP contribution in [0.4, 0.5) is 0 Å². The third-order valence-electron chi connectivity index (χ3n) is 4.37. The summed E-state index contributed by atoms with van der Waals surface area (Å²) < 4.78 is 10.7. The van der Waals surface area contributed by atoms with Gasteiger partial charge in [-0.15, -0.1) is 0 Å². The fourth-order valence-electron chi connectivity index (χ4n) is 2.86. The highest BCUT2D eigenvalue weighted by molar-refractivity contribution is 5.87. The SMILES string of the molecule is CCc1ccc2c(CC(=O)NCCc3ccc(OC)cc3)coc2c1. The van der Waals surface area contributed by atoms with Crippen LogP contribution in [0.15, 0.2) is 53.1 Å². The molecule has 0 unspecified atom stereocenters. The summed E-state index contributed by atoms with van der Waals surface area (Å²) in [6, 6.07) is 14.1. The lowest BCUT2D eigenvalue weighted by atomic mass is 10.1. The number of aryl methyl sites for hydroxylation is 1. The highest BCUT2D eigenvalue weighted by Crippen LogP contribution is 2.23. The Labute approximate surface area is 147 Å². The number of carbonyl (C=O) groups is 1. The van der Waals surface area contributed by atoms with Crippen molar-refractivity contribution < 1.29 is 13.9 Å². The molecule has 1 heterocycles. The zero-order chi connectivity index (χ0) is 17.6. The molecule has 4 nitrogen and oxygen atoms in total. The topological polar surface area (TPSA) is 51.5 Å². The summed E-state index contributed by atoms with van der Waals surface area (Å²) in [6.45, 7) is 2.72. The predicted molar refractivity (Wildman–Crippen MR) is 99.0 cm³/mol. The van der Waals surface area contributed by atoms with E-state index in [2.05, 4.69) is 18.3 Å². The Hall–Kier alpha value is -2.75. The number of nitrogens with one attached hydrogen (secondary N) is 1. The maximum Gasteiger partial charge on any atom is 0.224 e. The van der Waals surface area contributed by atoms with E-state index in [9.17, 15) is 4.79 Å². The van der Waals surface area contributed by atoms with Gasteiger partial charge in [0.25, 0.3) is 0 Å². The first kappa shape index (κ1) is 17.1. The molecule has 25 heavy (non-hydrogen) atoms. The Balaban J connectivity index is 1.53. The van der Waals surface area contributed by atoms with Gasteiger partial charge in [-0.1, -0.05) is 31.2 Å². The fourth-order valence-corrected chi connectivity index (χ4v) is 2.86. The molecule has 1 amide bonds. The van der Waals surface area contributed by atoms with Crippen molar-refractivity contribution in [2.75, 3.05) is 13.7 Å². The first-order chi connectivity index (χ1) is 12.2. The van der Waals surface area contributed by atoms with E-state index in [0.717, 1.165) is 35.1 Å². The van der Waals surface area contributed by atoms with Gasteiger partial charge in [-0.3, -0.25) is 4.79 Å². The van der Waals surface area contributed by atoms with Gasteiger partial charge in [0.15, 0.2) is 0 Å². The second-order valence-corrected chi connectivity index (χ2v) is 6.07. The first-order valence-electron chi connectivity index (χ1n) is 8.58. The summed E-state index contributed by atoms with van der Waals surface area (Å²) in [7, 11) is 1.65. The Kier molecular flexibility index (Phi) is 5.39. The average Bonchev–Trinajstić information content (AvgIpc) is 3.04. The van der Waals surface area contributed by atoms with Gasteiger partial charge in [0, 0.05) is 17.5 Å². The van der Waals surface area contributed by atoms with E-state index < -0.39 is 0 Å². The second kappa shape index (κ2) is 7.88. The molecular weight excluding hydrogens is 314 g/mol. The smallest absolute Gasteiger partial charge is 0.224 e. The summed E-state index contributed by atoms with van der Waals surface area (Å²) in [4.78, 5) is 12.2. The molecule has 0 aliphatic rings. The Bertz CT molecular complexity index is 849. The van der Waals surface area contributed by atoms with Gasteiger partial charge in [-0.25, -0.2) is 0 Å². The summed E-state index contributed by atoms with van der Waals surface area (Å²) >= 11 is 0. The molecule has 0 bridgehead atoms. The number of hydrogen-bond donors (Lipinski definition) is 1. The number of fused-ring (bicyclic) bond motifs is 1. The van der Waals surface area contributed by atoms with Crippen molar-refractivity contribution in [1.29, 1.82) is 0 Å². The molecule has 0 atom stereocenters. The molecule has 0 saturated carbocycles. The average molecular weight is 337 g/mol. The maximum absolute atomic E-state index is 12.2. The van der Waals surface area contributed by atoms with Crippen molar-refractivity contribution in [2.24, 2.45) is 0 Å². The summed E-state index contributed by atoms with van der Waals surface area (Å²) in [5.74, 6) is 0.849. The summed E-state index contributed by atoms with van der Waals surface area (Å²) in [6.07, 6.45) is 3.79. The zero-order valence-electron chi connectivity index (χ0n) is 14.7. The molecule has 3 aromatic rings. The maximum atomic E-state index is 12.2. The standard InChI is InChI=1S/C21H23NO3/c1-3-15-6-9-19-17(14-25-20(19)12-15)13-21(23)22-11-10-16-4-7-18(24-2)8-5-16/h4-9,12,14H,3,10-11,13H2,1-2H3,(H,22,23). The molecular formula is C21H23NO3. The number of amides is 1.